The first-order valence-electron chi connectivity index (χ1n) is 5.83. The Hall–Kier alpha value is -1.47. The summed E-state index contributed by atoms with van der Waals surface area (Å²) in [6.07, 6.45) is -4.54. The van der Waals surface area contributed by atoms with Crippen LogP contribution in [0.4, 0.5) is 17.6 Å². The average Bonchev–Trinajstić information content (AvgIpc) is 2.73. The summed E-state index contributed by atoms with van der Waals surface area (Å²) in [6.45, 7) is 2.46. The first-order chi connectivity index (χ1) is 9.34. The number of nitrogens with zero attached hydrogens (tertiary/aromatic N) is 1. The number of aryl methyl sites for hydroxylation is 1. The lowest BCUT2D eigenvalue weighted by molar-refractivity contribution is -0.137. The van der Waals surface area contributed by atoms with Crippen molar-refractivity contribution in [3.8, 4) is 0 Å². The van der Waals surface area contributed by atoms with E-state index in [0.717, 1.165) is 22.8 Å². The molecule has 2 nitrogen and oxygen atoms in total. The lowest BCUT2D eigenvalue weighted by atomic mass is 10.1. The van der Waals surface area contributed by atoms with E-state index in [0.29, 0.717) is 12.6 Å². The smallest absolute Gasteiger partial charge is 0.306 e. The van der Waals surface area contributed by atoms with Crippen LogP contribution < -0.4 is 5.32 Å². The van der Waals surface area contributed by atoms with Gasteiger partial charge in [0.1, 0.15) is 10.8 Å². The van der Waals surface area contributed by atoms with E-state index in [4.69, 9.17) is 0 Å². The minimum absolute atomic E-state index is 0.152. The average molecular weight is 304 g/mol. The van der Waals surface area contributed by atoms with Gasteiger partial charge in [-0.2, -0.15) is 13.2 Å². The fourth-order valence-electron chi connectivity index (χ4n) is 1.71. The lowest BCUT2D eigenvalue weighted by Crippen LogP contribution is -2.14. The maximum atomic E-state index is 13.2. The molecule has 0 saturated heterocycles. The highest BCUT2D eigenvalue weighted by atomic mass is 32.1. The summed E-state index contributed by atoms with van der Waals surface area (Å²) in [7, 11) is 0. The van der Waals surface area contributed by atoms with Gasteiger partial charge in [0.2, 0.25) is 0 Å². The first-order valence-corrected chi connectivity index (χ1v) is 6.71. The Balaban J connectivity index is 2.00. The fraction of sp³-hybridized carbons (Fsp3) is 0.308. The van der Waals surface area contributed by atoms with E-state index in [2.05, 4.69) is 10.3 Å². The summed E-state index contributed by atoms with van der Waals surface area (Å²) < 4.78 is 50.8. The molecule has 0 saturated carbocycles. The zero-order valence-corrected chi connectivity index (χ0v) is 11.4. The first kappa shape index (κ1) is 14.9. The van der Waals surface area contributed by atoms with Gasteiger partial charge in [-0.15, -0.1) is 11.3 Å². The van der Waals surface area contributed by atoms with Gasteiger partial charge in [0, 0.05) is 24.2 Å². The van der Waals surface area contributed by atoms with E-state index in [1.165, 1.54) is 11.3 Å². The molecule has 0 aliphatic carbocycles. The van der Waals surface area contributed by atoms with E-state index < -0.39 is 17.6 Å². The second kappa shape index (κ2) is 5.88. The van der Waals surface area contributed by atoms with Crippen LogP contribution in [0.15, 0.2) is 23.6 Å². The molecule has 0 unspecified atom stereocenters. The van der Waals surface area contributed by atoms with Crippen molar-refractivity contribution in [2.45, 2.75) is 26.2 Å². The van der Waals surface area contributed by atoms with Crippen molar-refractivity contribution in [2.24, 2.45) is 0 Å². The van der Waals surface area contributed by atoms with Gasteiger partial charge in [0.05, 0.1) is 5.56 Å². The number of rotatable bonds is 4. The third-order valence-electron chi connectivity index (χ3n) is 2.56. The molecule has 1 aromatic carbocycles. The van der Waals surface area contributed by atoms with Crippen molar-refractivity contribution in [1.29, 1.82) is 0 Å². The Morgan fingerprint density at radius 1 is 1.20 bits per heavy atom. The van der Waals surface area contributed by atoms with Crippen LogP contribution in [0, 0.1) is 12.7 Å². The molecule has 0 radical (unpaired) electrons. The van der Waals surface area contributed by atoms with Crippen LogP contribution in [-0.2, 0) is 19.3 Å². The molecule has 1 N–H and O–H groups in total. The highest BCUT2D eigenvalue weighted by Crippen LogP contribution is 2.30. The Morgan fingerprint density at radius 3 is 2.55 bits per heavy atom. The molecule has 108 valence electrons. The molecular weight excluding hydrogens is 292 g/mol. The van der Waals surface area contributed by atoms with E-state index >= 15 is 0 Å². The quantitative estimate of drug-likeness (QED) is 0.867. The van der Waals surface area contributed by atoms with E-state index in [-0.39, 0.29) is 12.1 Å². The largest absolute Gasteiger partial charge is 0.416 e. The normalized spacial score (nSPS) is 11.8. The Morgan fingerprint density at radius 2 is 1.95 bits per heavy atom. The SMILES string of the molecule is Cc1csc(CNCc2cc(F)cc(C(F)(F)F)c2)n1. The van der Waals surface area contributed by atoms with Crippen LogP contribution >= 0.6 is 11.3 Å². The highest BCUT2D eigenvalue weighted by molar-refractivity contribution is 7.09. The van der Waals surface area contributed by atoms with Crippen molar-refractivity contribution in [2.75, 3.05) is 0 Å². The van der Waals surface area contributed by atoms with Gasteiger partial charge in [0.25, 0.3) is 0 Å². The van der Waals surface area contributed by atoms with Gasteiger partial charge in [0.15, 0.2) is 0 Å². The van der Waals surface area contributed by atoms with Crippen molar-refractivity contribution in [1.82, 2.24) is 10.3 Å². The zero-order chi connectivity index (χ0) is 14.8. The van der Waals surface area contributed by atoms with Crippen LogP contribution in [-0.4, -0.2) is 4.98 Å². The highest BCUT2D eigenvalue weighted by Gasteiger charge is 2.31. The van der Waals surface area contributed by atoms with Gasteiger partial charge < -0.3 is 5.32 Å². The number of aromatic nitrogens is 1. The van der Waals surface area contributed by atoms with Crippen molar-refractivity contribution < 1.29 is 17.6 Å². The van der Waals surface area contributed by atoms with Crippen LogP contribution in [0.5, 0.6) is 0 Å². The summed E-state index contributed by atoms with van der Waals surface area (Å²) in [6, 6.07) is 2.53. The molecule has 0 spiro atoms. The van der Waals surface area contributed by atoms with Crippen LogP contribution in [0.3, 0.4) is 0 Å². The molecule has 0 aliphatic rings. The fourth-order valence-corrected chi connectivity index (χ4v) is 2.46. The molecule has 0 atom stereocenters. The summed E-state index contributed by atoms with van der Waals surface area (Å²) in [4.78, 5) is 4.22. The molecule has 2 aromatic rings. The van der Waals surface area contributed by atoms with Crippen molar-refractivity contribution in [3.05, 3.63) is 51.2 Å². The Kier molecular flexibility index (Phi) is 4.39. The second-order valence-corrected chi connectivity index (χ2v) is 5.27. The predicted molar refractivity (Wildman–Crippen MR) is 68.8 cm³/mol. The minimum atomic E-state index is -4.54. The number of nitrogens with one attached hydrogen (secondary N) is 1. The number of alkyl halides is 3. The maximum absolute atomic E-state index is 13.2. The van der Waals surface area contributed by atoms with Gasteiger partial charge >= 0.3 is 6.18 Å². The molecule has 0 amide bonds. The van der Waals surface area contributed by atoms with Crippen LogP contribution in [0.2, 0.25) is 0 Å². The Labute approximate surface area is 117 Å². The number of halogens is 4. The van der Waals surface area contributed by atoms with E-state index in [9.17, 15) is 17.6 Å². The third-order valence-corrected chi connectivity index (χ3v) is 3.52. The van der Waals surface area contributed by atoms with Crippen molar-refractivity contribution in [3.63, 3.8) is 0 Å². The second-order valence-electron chi connectivity index (χ2n) is 4.33. The molecule has 0 aliphatic heterocycles. The summed E-state index contributed by atoms with van der Waals surface area (Å²) in [5, 5.41) is 5.68. The number of hydrogen-bond acceptors (Lipinski definition) is 3. The molecule has 1 aromatic heterocycles. The molecule has 1 heterocycles. The summed E-state index contributed by atoms with van der Waals surface area (Å²) >= 11 is 1.47. The Bertz CT molecular complexity index is 592. The topological polar surface area (TPSA) is 24.9 Å². The van der Waals surface area contributed by atoms with E-state index in [1.54, 1.807) is 0 Å². The lowest BCUT2D eigenvalue weighted by Gasteiger charge is -2.09. The standard InChI is InChI=1S/C13H12F4N2S/c1-8-7-20-12(19-8)6-18-5-9-2-10(13(15,16)17)4-11(14)3-9/h2-4,7,18H,5-6H2,1H3. The van der Waals surface area contributed by atoms with Crippen LogP contribution in [0.1, 0.15) is 21.8 Å². The number of hydrogen-bond donors (Lipinski definition) is 1. The third kappa shape index (κ3) is 4.01. The molecule has 2 rings (SSSR count). The minimum Gasteiger partial charge on any atom is -0.306 e. The zero-order valence-electron chi connectivity index (χ0n) is 10.6. The maximum Gasteiger partial charge on any atom is 0.416 e. The molecule has 7 heteroatoms. The van der Waals surface area contributed by atoms with Gasteiger partial charge in [-0.25, -0.2) is 9.37 Å². The number of thiazole rings is 1. The van der Waals surface area contributed by atoms with Crippen LogP contribution in [0.25, 0.3) is 0 Å². The van der Waals surface area contributed by atoms with Gasteiger partial charge in [-0.3, -0.25) is 0 Å². The summed E-state index contributed by atoms with van der Waals surface area (Å²) in [5.41, 5.74) is 0.182. The van der Waals surface area contributed by atoms with E-state index in [1.807, 2.05) is 12.3 Å². The van der Waals surface area contributed by atoms with Gasteiger partial charge in [-0.1, -0.05) is 0 Å². The molecule has 0 bridgehead atoms. The monoisotopic (exact) mass is 304 g/mol. The predicted octanol–water partition coefficient (Wildman–Crippen LogP) is 3.90. The van der Waals surface area contributed by atoms with Crippen molar-refractivity contribution >= 4 is 11.3 Å². The summed E-state index contributed by atoms with van der Waals surface area (Å²) in [5.74, 6) is -0.887. The molecule has 0 fully saturated rings. The molecular formula is C13H12F4N2S. The number of benzene rings is 1. The van der Waals surface area contributed by atoms with Gasteiger partial charge in [-0.05, 0) is 30.7 Å². The molecule has 20 heavy (non-hydrogen) atoms.